The maximum absolute atomic E-state index is 12.4. The van der Waals surface area contributed by atoms with Gasteiger partial charge in [0, 0.05) is 58.0 Å². The second-order valence-corrected chi connectivity index (χ2v) is 7.41. The van der Waals surface area contributed by atoms with Gasteiger partial charge in [-0.1, -0.05) is 17.7 Å². The molecule has 3 rings (SSSR count). The summed E-state index contributed by atoms with van der Waals surface area (Å²) in [5.74, 6) is 0. The van der Waals surface area contributed by atoms with E-state index in [4.69, 9.17) is 4.74 Å². The highest BCUT2D eigenvalue weighted by Crippen LogP contribution is 2.27. The molecule has 0 aromatic heterocycles. The average Bonchev–Trinajstić information content (AvgIpc) is 2.62. The van der Waals surface area contributed by atoms with Crippen LogP contribution in [0.3, 0.4) is 0 Å². The van der Waals surface area contributed by atoms with Crippen molar-refractivity contribution in [3.63, 3.8) is 0 Å². The topological polar surface area (TPSA) is 48.0 Å². The standard InChI is InChI=1S/C20H32N4O2/c1-16-14-17(2)19(18(3)15-16)23-6-8-24(9-7-23)20(25)21-4-5-22-10-12-26-13-11-22/h14-15H,4-13H2,1-3H3,(H,21,25). The Bertz CT molecular complexity index is 597. The molecule has 0 saturated carbocycles. The number of aryl methyl sites for hydroxylation is 3. The van der Waals surface area contributed by atoms with Gasteiger partial charge in [-0.2, -0.15) is 0 Å². The highest BCUT2D eigenvalue weighted by Gasteiger charge is 2.23. The highest BCUT2D eigenvalue weighted by atomic mass is 16.5. The molecule has 1 aromatic rings. The summed E-state index contributed by atoms with van der Waals surface area (Å²) in [6.45, 7) is 15.0. The van der Waals surface area contributed by atoms with Crippen molar-refractivity contribution in [2.24, 2.45) is 0 Å². The maximum Gasteiger partial charge on any atom is 0.317 e. The summed E-state index contributed by atoms with van der Waals surface area (Å²) < 4.78 is 5.35. The third kappa shape index (κ3) is 4.68. The SMILES string of the molecule is Cc1cc(C)c(N2CCN(C(=O)NCCN3CCOCC3)CC2)c(C)c1. The first-order chi connectivity index (χ1) is 12.5. The molecule has 0 atom stereocenters. The van der Waals surface area contributed by atoms with E-state index in [2.05, 4.69) is 48.0 Å². The van der Waals surface area contributed by atoms with Gasteiger partial charge in [-0.3, -0.25) is 4.90 Å². The van der Waals surface area contributed by atoms with Gasteiger partial charge in [0.1, 0.15) is 0 Å². The van der Waals surface area contributed by atoms with Crippen LogP contribution in [0.5, 0.6) is 0 Å². The third-order valence-electron chi connectivity index (χ3n) is 5.33. The van der Waals surface area contributed by atoms with Gasteiger partial charge in [0.15, 0.2) is 0 Å². The van der Waals surface area contributed by atoms with Crippen molar-refractivity contribution in [2.75, 3.05) is 70.5 Å². The molecule has 2 aliphatic rings. The van der Waals surface area contributed by atoms with Crippen LogP contribution in [0.2, 0.25) is 0 Å². The molecule has 2 amide bonds. The Balaban J connectivity index is 1.45. The number of nitrogens with zero attached hydrogens (tertiary/aromatic N) is 3. The molecule has 2 heterocycles. The van der Waals surface area contributed by atoms with Gasteiger partial charge < -0.3 is 19.9 Å². The van der Waals surface area contributed by atoms with Crippen LogP contribution < -0.4 is 10.2 Å². The molecule has 26 heavy (non-hydrogen) atoms. The number of benzene rings is 1. The molecule has 1 aromatic carbocycles. The van der Waals surface area contributed by atoms with Crippen LogP contribution in [-0.2, 0) is 4.74 Å². The number of piperazine rings is 1. The fourth-order valence-corrected chi connectivity index (χ4v) is 4.06. The second-order valence-electron chi connectivity index (χ2n) is 7.41. The number of ether oxygens (including phenoxy) is 1. The van der Waals surface area contributed by atoms with Crippen molar-refractivity contribution in [3.8, 4) is 0 Å². The van der Waals surface area contributed by atoms with Gasteiger partial charge in [-0.25, -0.2) is 4.79 Å². The van der Waals surface area contributed by atoms with Crippen molar-refractivity contribution in [2.45, 2.75) is 20.8 Å². The summed E-state index contributed by atoms with van der Waals surface area (Å²) >= 11 is 0. The minimum absolute atomic E-state index is 0.0651. The van der Waals surface area contributed by atoms with Gasteiger partial charge in [0.05, 0.1) is 13.2 Å². The van der Waals surface area contributed by atoms with Crippen LogP contribution >= 0.6 is 0 Å². The lowest BCUT2D eigenvalue weighted by Gasteiger charge is -2.37. The minimum atomic E-state index is 0.0651. The molecule has 0 unspecified atom stereocenters. The summed E-state index contributed by atoms with van der Waals surface area (Å²) in [6.07, 6.45) is 0. The van der Waals surface area contributed by atoms with Crippen LogP contribution in [0.4, 0.5) is 10.5 Å². The van der Waals surface area contributed by atoms with Gasteiger partial charge in [0.2, 0.25) is 0 Å². The predicted molar refractivity (Wildman–Crippen MR) is 105 cm³/mol. The summed E-state index contributed by atoms with van der Waals surface area (Å²) in [4.78, 5) is 19.1. The highest BCUT2D eigenvalue weighted by molar-refractivity contribution is 5.74. The van der Waals surface area contributed by atoms with Crippen molar-refractivity contribution in [1.82, 2.24) is 15.1 Å². The van der Waals surface area contributed by atoms with Crippen LogP contribution in [0.15, 0.2) is 12.1 Å². The first-order valence-corrected chi connectivity index (χ1v) is 9.70. The number of amides is 2. The monoisotopic (exact) mass is 360 g/mol. The quantitative estimate of drug-likeness (QED) is 0.889. The van der Waals surface area contributed by atoms with E-state index in [1.165, 1.54) is 22.4 Å². The van der Waals surface area contributed by atoms with E-state index in [0.717, 1.165) is 59.0 Å². The van der Waals surface area contributed by atoms with E-state index in [9.17, 15) is 4.79 Å². The van der Waals surface area contributed by atoms with Crippen molar-refractivity contribution in [3.05, 3.63) is 28.8 Å². The Morgan fingerprint density at radius 1 is 1.00 bits per heavy atom. The van der Waals surface area contributed by atoms with Gasteiger partial charge in [-0.15, -0.1) is 0 Å². The van der Waals surface area contributed by atoms with E-state index >= 15 is 0 Å². The summed E-state index contributed by atoms with van der Waals surface area (Å²) in [5.41, 5.74) is 5.29. The van der Waals surface area contributed by atoms with Crippen molar-refractivity contribution >= 4 is 11.7 Å². The zero-order valence-corrected chi connectivity index (χ0v) is 16.4. The fourth-order valence-electron chi connectivity index (χ4n) is 4.06. The van der Waals surface area contributed by atoms with E-state index in [1.807, 2.05) is 4.90 Å². The Morgan fingerprint density at radius 2 is 1.62 bits per heavy atom. The molecule has 6 nitrogen and oxygen atoms in total. The Labute approximate surface area is 157 Å². The lowest BCUT2D eigenvalue weighted by atomic mass is 10.0. The molecule has 6 heteroatoms. The number of carbonyl (C=O) groups is 1. The Hall–Kier alpha value is -1.79. The van der Waals surface area contributed by atoms with Crippen LogP contribution in [0.25, 0.3) is 0 Å². The lowest BCUT2D eigenvalue weighted by molar-refractivity contribution is 0.0386. The van der Waals surface area contributed by atoms with E-state index < -0.39 is 0 Å². The first kappa shape index (κ1) is 19.0. The molecule has 0 bridgehead atoms. The third-order valence-corrected chi connectivity index (χ3v) is 5.33. The van der Waals surface area contributed by atoms with Crippen LogP contribution in [-0.4, -0.2) is 81.4 Å². The molecule has 0 aliphatic carbocycles. The molecular formula is C20H32N4O2. The Morgan fingerprint density at radius 3 is 2.23 bits per heavy atom. The molecule has 2 saturated heterocycles. The molecule has 0 spiro atoms. The Kier molecular flexibility index (Phi) is 6.38. The number of morpholine rings is 1. The largest absolute Gasteiger partial charge is 0.379 e. The van der Waals surface area contributed by atoms with E-state index in [1.54, 1.807) is 0 Å². The second kappa shape index (κ2) is 8.73. The molecule has 2 aliphatic heterocycles. The lowest BCUT2D eigenvalue weighted by Crippen LogP contribution is -2.53. The van der Waals surface area contributed by atoms with Gasteiger partial charge in [-0.05, 0) is 31.9 Å². The van der Waals surface area contributed by atoms with Gasteiger partial charge in [0.25, 0.3) is 0 Å². The zero-order valence-electron chi connectivity index (χ0n) is 16.4. The van der Waals surface area contributed by atoms with Crippen LogP contribution in [0, 0.1) is 20.8 Å². The first-order valence-electron chi connectivity index (χ1n) is 9.70. The molecule has 0 radical (unpaired) electrons. The van der Waals surface area contributed by atoms with Gasteiger partial charge >= 0.3 is 6.03 Å². The number of anilines is 1. The normalized spacial score (nSPS) is 18.9. The van der Waals surface area contributed by atoms with E-state index in [0.29, 0.717) is 6.54 Å². The van der Waals surface area contributed by atoms with Crippen molar-refractivity contribution in [1.29, 1.82) is 0 Å². The number of hydrogen-bond acceptors (Lipinski definition) is 4. The smallest absolute Gasteiger partial charge is 0.317 e. The summed E-state index contributed by atoms with van der Waals surface area (Å²) in [5, 5.41) is 3.07. The number of hydrogen-bond donors (Lipinski definition) is 1. The number of carbonyl (C=O) groups excluding carboxylic acids is 1. The van der Waals surface area contributed by atoms with Crippen molar-refractivity contribution < 1.29 is 9.53 Å². The number of rotatable bonds is 4. The average molecular weight is 361 g/mol. The summed E-state index contributed by atoms with van der Waals surface area (Å²) in [6, 6.07) is 4.55. The number of urea groups is 1. The van der Waals surface area contributed by atoms with Crippen LogP contribution in [0.1, 0.15) is 16.7 Å². The zero-order chi connectivity index (χ0) is 18.5. The molecule has 1 N–H and O–H groups in total. The fraction of sp³-hybridized carbons (Fsp3) is 0.650. The summed E-state index contributed by atoms with van der Waals surface area (Å²) in [7, 11) is 0. The number of nitrogens with one attached hydrogen (secondary N) is 1. The molecule has 2 fully saturated rings. The van der Waals surface area contributed by atoms with E-state index in [-0.39, 0.29) is 6.03 Å². The molecule has 144 valence electrons. The molecular weight excluding hydrogens is 328 g/mol. The maximum atomic E-state index is 12.4. The predicted octanol–water partition coefficient (Wildman–Crippen LogP) is 1.78. The minimum Gasteiger partial charge on any atom is -0.379 e.